The summed E-state index contributed by atoms with van der Waals surface area (Å²) in [5.74, 6) is 1.76. The van der Waals surface area contributed by atoms with Gasteiger partial charge >= 0.3 is 0 Å². The van der Waals surface area contributed by atoms with Gasteiger partial charge in [-0.1, -0.05) is 52.5 Å². The van der Waals surface area contributed by atoms with Gasteiger partial charge in [0.2, 0.25) is 0 Å². The van der Waals surface area contributed by atoms with Crippen molar-refractivity contribution in [1.29, 1.82) is 0 Å². The monoisotopic (exact) mass is 296 g/mol. The largest absolute Gasteiger partial charge is 0.389 e. The summed E-state index contributed by atoms with van der Waals surface area (Å²) in [5, 5.41) is 3.32. The molecule has 0 rings (SSSR count). The maximum absolute atomic E-state index is 3.88. The van der Waals surface area contributed by atoms with Crippen molar-refractivity contribution in [3.05, 3.63) is 12.3 Å². The number of unbranched alkanes of at least 4 members (excludes halogenated alkanes) is 1. The number of nitrogens with zero attached hydrogens (tertiary/aromatic N) is 1. The van der Waals surface area contributed by atoms with Gasteiger partial charge in [0.25, 0.3) is 0 Å². The highest BCUT2D eigenvalue weighted by atomic mass is 15.1. The Morgan fingerprint density at radius 1 is 1.05 bits per heavy atom. The first kappa shape index (κ1) is 20.5. The van der Waals surface area contributed by atoms with Crippen molar-refractivity contribution in [1.82, 2.24) is 10.2 Å². The van der Waals surface area contributed by atoms with E-state index in [1.54, 1.807) is 0 Å². The van der Waals surface area contributed by atoms with Gasteiger partial charge < -0.3 is 10.2 Å². The minimum atomic E-state index is 0.701. The molecule has 0 fully saturated rings. The van der Waals surface area contributed by atoms with Crippen LogP contribution in [-0.2, 0) is 0 Å². The number of allylic oxidation sites excluding steroid dienone is 1. The lowest BCUT2D eigenvalue weighted by Crippen LogP contribution is -2.32. The molecule has 126 valence electrons. The molecule has 0 heterocycles. The molecule has 0 spiro atoms. The van der Waals surface area contributed by atoms with Crippen LogP contribution < -0.4 is 5.32 Å². The van der Waals surface area contributed by atoms with Gasteiger partial charge in [-0.3, -0.25) is 0 Å². The molecule has 2 nitrogen and oxygen atoms in total. The fraction of sp³-hybridized carbons (Fsp3) is 0.895. The van der Waals surface area contributed by atoms with Crippen LogP contribution in [-0.4, -0.2) is 31.6 Å². The maximum Gasteiger partial charge on any atom is 0.0143 e. The van der Waals surface area contributed by atoms with E-state index >= 15 is 0 Å². The molecule has 3 atom stereocenters. The Bertz CT molecular complexity index is 260. The number of rotatable bonds is 13. The van der Waals surface area contributed by atoms with Crippen molar-refractivity contribution in [3.63, 3.8) is 0 Å². The average Bonchev–Trinajstić information content (AvgIpc) is 2.44. The predicted octanol–water partition coefficient (Wildman–Crippen LogP) is 5.06. The Kier molecular flexibility index (Phi) is 11.8. The third-order valence-corrected chi connectivity index (χ3v) is 5.01. The maximum atomic E-state index is 3.88. The minimum Gasteiger partial charge on any atom is -0.389 e. The van der Waals surface area contributed by atoms with E-state index in [1.807, 2.05) is 6.92 Å². The molecular formula is C19H40N2. The van der Waals surface area contributed by atoms with Crippen LogP contribution in [0.15, 0.2) is 12.3 Å². The molecular weight excluding hydrogens is 256 g/mol. The van der Waals surface area contributed by atoms with Crippen molar-refractivity contribution in [2.75, 3.05) is 20.6 Å². The van der Waals surface area contributed by atoms with Gasteiger partial charge in [-0.05, 0) is 52.6 Å². The highest BCUT2D eigenvalue weighted by molar-refractivity contribution is 4.83. The van der Waals surface area contributed by atoms with Gasteiger partial charge in [0.15, 0.2) is 0 Å². The van der Waals surface area contributed by atoms with Crippen LogP contribution in [0.3, 0.4) is 0 Å². The molecule has 21 heavy (non-hydrogen) atoms. The van der Waals surface area contributed by atoms with E-state index in [0.29, 0.717) is 6.04 Å². The molecule has 3 unspecified atom stereocenters. The van der Waals surface area contributed by atoms with Gasteiger partial charge in [-0.2, -0.15) is 0 Å². The van der Waals surface area contributed by atoms with Gasteiger partial charge in [0.05, 0.1) is 0 Å². The Labute approximate surface area is 134 Å². The van der Waals surface area contributed by atoms with Crippen LogP contribution in [0, 0.1) is 11.8 Å². The predicted molar refractivity (Wildman–Crippen MR) is 96.6 cm³/mol. The van der Waals surface area contributed by atoms with Crippen LogP contribution in [0.5, 0.6) is 0 Å². The lowest BCUT2D eigenvalue weighted by atomic mass is 9.86. The molecule has 0 bridgehead atoms. The number of nitrogens with one attached hydrogen (secondary N) is 1. The van der Waals surface area contributed by atoms with Crippen LogP contribution in [0.25, 0.3) is 0 Å². The molecule has 0 aliphatic carbocycles. The summed E-state index contributed by atoms with van der Waals surface area (Å²) in [6.07, 6.45) is 9.44. The van der Waals surface area contributed by atoms with Crippen molar-refractivity contribution in [2.24, 2.45) is 11.8 Å². The second-order valence-corrected chi connectivity index (χ2v) is 6.93. The summed E-state index contributed by atoms with van der Waals surface area (Å²) < 4.78 is 0. The van der Waals surface area contributed by atoms with Gasteiger partial charge in [-0.25, -0.2) is 0 Å². The second-order valence-electron chi connectivity index (χ2n) is 6.93. The van der Waals surface area contributed by atoms with Crippen LogP contribution in [0.1, 0.15) is 72.6 Å². The standard InChI is InChI=1S/C19H40N2/c1-8-18(12-10-11-15-20-16(3)4)13-14-19(9-2)17(5)21(6)7/h17-20H,3,8-15H2,1-2,4-7H3. The Morgan fingerprint density at radius 2 is 1.71 bits per heavy atom. The van der Waals surface area contributed by atoms with Crippen LogP contribution in [0.4, 0.5) is 0 Å². The summed E-state index contributed by atoms with van der Waals surface area (Å²) in [5.41, 5.74) is 1.09. The quantitative estimate of drug-likeness (QED) is 0.478. The van der Waals surface area contributed by atoms with Crippen molar-refractivity contribution < 1.29 is 0 Å². The Hall–Kier alpha value is -0.500. The zero-order chi connectivity index (χ0) is 16.3. The molecule has 0 aliphatic heterocycles. The van der Waals surface area contributed by atoms with Gasteiger partial charge in [0, 0.05) is 18.3 Å². The zero-order valence-electron chi connectivity index (χ0n) is 15.5. The Morgan fingerprint density at radius 3 is 2.19 bits per heavy atom. The van der Waals surface area contributed by atoms with Crippen LogP contribution >= 0.6 is 0 Å². The molecule has 0 aromatic heterocycles. The molecule has 0 aliphatic rings. The lowest BCUT2D eigenvalue weighted by molar-refractivity contribution is 0.200. The summed E-state index contributed by atoms with van der Waals surface area (Å²) in [6.45, 7) is 14.1. The third kappa shape index (κ3) is 9.95. The normalized spacial score (nSPS) is 15.8. The van der Waals surface area contributed by atoms with E-state index in [0.717, 1.165) is 24.1 Å². The summed E-state index contributed by atoms with van der Waals surface area (Å²) >= 11 is 0. The van der Waals surface area contributed by atoms with Gasteiger partial charge in [0.1, 0.15) is 0 Å². The third-order valence-electron chi connectivity index (χ3n) is 5.01. The van der Waals surface area contributed by atoms with E-state index in [4.69, 9.17) is 0 Å². The molecule has 1 N–H and O–H groups in total. The first-order valence-corrected chi connectivity index (χ1v) is 8.98. The van der Waals surface area contributed by atoms with Crippen molar-refractivity contribution >= 4 is 0 Å². The fourth-order valence-electron chi connectivity index (χ4n) is 3.07. The molecule has 0 saturated carbocycles. The Balaban J connectivity index is 3.94. The van der Waals surface area contributed by atoms with E-state index in [-0.39, 0.29) is 0 Å². The topological polar surface area (TPSA) is 15.3 Å². The van der Waals surface area contributed by atoms with E-state index < -0.39 is 0 Å². The molecule has 0 aromatic carbocycles. The minimum absolute atomic E-state index is 0.701. The molecule has 0 amide bonds. The smallest absolute Gasteiger partial charge is 0.0143 e. The van der Waals surface area contributed by atoms with E-state index in [9.17, 15) is 0 Å². The number of hydrogen-bond acceptors (Lipinski definition) is 2. The van der Waals surface area contributed by atoms with Crippen LogP contribution in [0.2, 0.25) is 0 Å². The first-order valence-electron chi connectivity index (χ1n) is 8.98. The van der Waals surface area contributed by atoms with E-state index in [2.05, 4.69) is 51.7 Å². The highest BCUT2D eigenvalue weighted by Gasteiger charge is 2.18. The fourth-order valence-corrected chi connectivity index (χ4v) is 3.07. The second kappa shape index (κ2) is 12.1. The first-order chi connectivity index (χ1) is 9.92. The summed E-state index contributed by atoms with van der Waals surface area (Å²) in [7, 11) is 4.42. The summed E-state index contributed by atoms with van der Waals surface area (Å²) in [4.78, 5) is 2.37. The summed E-state index contributed by atoms with van der Waals surface area (Å²) in [6, 6.07) is 0.701. The molecule has 0 saturated heterocycles. The molecule has 0 radical (unpaired) electrons. The SMILES string of the molecule is C=C(C)NCCCCC(CC)CCC(CC)C(C)N(C)C. The van der Waals surface area contributed by atoms with Crippen molar-refractivity contribution in [2.45, 2.75) is 78.7 Å². The van der Waals surface area contributed by atoms with Crippen molar-refractivity contribution in [3.8, 4) is 0 Å². The zero-order valence-corrected chi connectivity index (χ0v) is 15.5. The number of hydrogen-bond donors (Lipinski definition) is 1. The molecule has 2 heteroatoms. The average molecular weight is 297 g/mol. The highest BCUT2D eigenvalue weighted by Crippen LogP contribution is 2.25. The molecule has 0 aromatic rings. The van der Waals surface area contributed by atoms with Gasteiger partial charge in [-0.15, -0.1) is 0 Å². The van der Waals surface area contributed by atoms with E-state index in [1.165, 1.54) is 44.9 Å². The lowest BCUT2D eigenvalue weighted by Gasteiger charge is -2.29.